The average molecular weight is 402 g/mol. The molecule has 23 heavy (non-hydrogen) atoms. The largest absolute Gasteiger partial charge is 0.314 e. The van der Waals surface area contributed by atoms with Crippen molar-refractivity contribution in [2.75, 3.05) is 26.2 Å². The molecule has 1 fully saturated rings. The van der Waals surface area contributed by atoms with Gasteiger partial charge in [-0.15, -0.1) is 53.7 Å². The van der Waals surface area contributed by atoms with Crippen LogP contribution in [0.15, 0.2) is 17.5 Å². The van der Waals surface area contributed by atoms with Crippen molar-refractivity contribution in [2.45, 2.75) is 25.9 Å². The summed E-state index contributed by atoms with van der Waals surface area (Å²) in [5.41, 5.74) is 0. The summed E-state index contributed by atoms with van der Waals surface area (Å²) in [4.78, 5) is 3.77. The van der Waals surface area contributed by atoms with Gasteiger partial charge in [0.25, 0.3) is 0 Å². The molecule has 3 rings (SSSR count). The number of tetrazole rings is 1. The van der Waals surface area contributed by atoms with Gasteiger partial charge in [0, 0.05) is 31.1 Å². The van der Waals surface area contributed by atoms with E-state index in [4.69, 9.17) is 0 Å². The maximum absolute atomic E-state index is 4.29. The normalized spacial score (nSPS) is 15.9. The Morgan fingerprint density at radius 2 is 2.00 bits per heavy atom. The summed E-state index contributed by atoms with van der Waals surface area (Å²) in [6.07, 6.45) is 1.03. The molecule has 1 N–H and O–H groups in total. The fourth-order valence-electron chi connectivity index (χ4n) is 2.71. The fraction of sp³-hybridized carbons (Fsp3) is 0.615. The quantitative estimate of drug-likeness (QED) is 0.833. The molecular formula is C13H23Cl3N6S. The molecule has 1 atom stereocenters. The highest BCUT2D eigenvalue weighted by atomic mass is 35.5. The van der Waals surface area contributed by atoms with E-state index in [9.17, 15) is 0 Å². The van der Waals surface area contributed by atoms with Crippen LogP contribution in [0.25, 0.3) is 0 Å². The average Bonchev–Trinajstić information content (AvgIpc) is 3.14. The number of piperazine rings is 1. The first-order chi connectivity index (χ1) is 9.88. The van der Waals surface area contributed by atoms with Crippen LogP contribution in [0.1, 0.15) is 30.1 Å². The van der Waals surface area contributed by atoms with Gasteiger partial charge >= 0.3 is 0 Å². The summed E-state index contributed by atoms with van der Waals surface area (Å²) >= 11 is 1.74. The van der Waals surface area contributed by atoms with Crippen LogP contribution < -0.4 is 5.32 Å². The third-order valence-corrected chi connectivity index (χ3v) is 4.58. The second-order valence-corrected chi connectivity index (χ2v) is 6.02. The number of hydrogen-bond acceptors (Lipinski definition) is 6. The Morgan fingerprint density at radius 3 is 2.61 bits per heavy atom. The molecule has 1 aliphatic rings. The zero-order valence-electron chi connectivity index (χ0n) is 12.9. The lowest BCUT2D eigenvalue weighted by molar-refractivity contribution is 0.159. The van der Waals surface area contributed by atoms with Gasteiger partial charge in [0.15, 0.2) is 5.82 Å². The Labute approximate surface area is 159 Å². The highest BCUT2D eigenvalue weighted by molar-refractivity contribution is 7.09. The summed E-state index contributed by atoms with van der Waals surface area (Å²) in [6.45, 7) is 7.18. The molecule has 1 aliphatic heterocycles. The third kappa shape index (κ3) is 5.55. The second kappa shape index (κ2) is 11.2. The van der Waals surface area contributed by atoms with Crippen LogP contribution >= 0.6 is 48.6 Å². The van der Waals surface area contributed by atoms with Gasteiger partial charge in [-0.3, -0.25) is 4.90 Å². The molecule has 0 bridgehead atoms. The van der Waals surface area contributed by atoms with Gasteiger partial charge < -0.3 is 5.32 Å². The minimum Gasteiger partial charge on any atom is -0.314 e. The topological polar surface area (TPSA) is 58.9 Å². The van der Waals surface area contributed by atoms with E-state index in [1.807, 2.05) is 4.68 Å². The summed E-state index contributed by atoms with van der Waals surface area (Å²) in [6, 6.07) is 4.51. The standard InChI is InChI=1S/C13H20N6S.3ClH/c1-2-12(18-7-5-14-6-8-18)13-15-16-17-19(13)10-11-4-3-9-20-11;;;/h3-4,9,12,14H,2,5-8,10H2,1H3;3*1H. The lowest BCUT2D eigenvalue weighted by Crippen LogP contribution is -2.45. The third-order valence-electron chi connectivity index (χ3n) is 3.72. The molecule has 0 spiro atoms. The van der Waals surface area contributed by atoms with Crippen LogP contribution in [0.2, 0.25) is 0 Å². The zero-order chi connectivity index (χ0) is 13.8. The predicted octanol–water partition coefficient (Wildman–Crippen LogP) is 2.40. The highest BCUT2D eigenvalue weighted by Crippen LogP contribution is 2.23. The highest BCUT2D eigenvalue weighted by Gasteiger charge is 2.25. The van der Waals surface area contributed by atoms with Gasteiger partial charge in [-0.05, 0) is 28.3 Å². The van der Waals surface area contributed by atoms with Crippen molar-refractivity contribution in [1.29, 1.82) is 0 Å². The Balaban J connectivity index is 0.00000161. The Morgan fingerprint density at radius 1 is 1.26 bits per heavy atom. The predicted molar refractivity (Wildman–Crippen MR) is 100 cm³/mol. The van der Waals surface area contributed by atoms with Gasteiger partial charge in [-0.1, -0.05) is 13.0 Å². The van der Waals surface area contributed by atoms with E-state index in [0.717, 1.165) is 45.0 Å². The van der Waals surface area contributed by atoms with E-state index in [2.05, 4.69) is 50.2 Å². The van der Waals surface area contributed by atoms with Gasteiger partial charge in [-0.25, -0.2) is 4.68 Å². The number of nitrogens with zero attached hydrogens (tertiary/aromatic N) is 5. The Hall–Kier alpha value is -0.440. The molecule has 6 nitrogen and oxygen atoms in total. The molecule has 0 aliphatic carbocycles. The first-order valence-corrected chi connectivity index (χ1v) is 7.99. The fourth-order valence-corrected chi connectivity index (χ4v) is 3.40. The number of halogens is 3. The molecule has 0 saturated carbocycles. The number of nitrogens with one attached hydrogen (secondary N) is 1. The van der Waals surface area contributed by atoms with Crippen LogP contribution in [0.5, 0.6) is 0 Å². The molecule has 0 amide bonds. The minimum atomic E-state index is 0. The molecule has 132 valence electrons. The van der Waals surface area contributed by atoms with E-state index >= 15 is 0 Å². The van der Waals surface area contributed by atoms with Gasteiger partial charge in [0.05, 0.1) is 12.6 Å². The molecule has 1 saturated heterocycles. The number of aromatic nitrogens is 4. The van der Waals surface area contributed by atoms with Crippen molar-refractivity contribution in [3.05, 3.63) is 28.2 Å². The lowest BCUT2D eigenvalue weighted by atomic mass is 10.1. The number of thiophene rings is 1. The van der Waals surface area contributed by atoms with Crippen LogP contribution in [-0.4, -0.2) is 51.3 Å². The summed E-state index contributed by atoms with van der Waals surface area (Å²) in [5, 5.41) is 17.8. The Kier molecular flexibility index (Phi) is 11.0. The first kappa shape index (κ1) is 22.6. The summed E-state index contributed by atoms with van der Waals surface area (Å²) < 4.78 is 1.95. The summed E-state index contributed by atoms with van der Waals surface area (Å²) in [5.74, 6) is 0.989. The van der Waals surface area contributed by atoms with Crippen LogP contribution in [-0.2, 0) is 6.54 Å². The zero-order valence-corrected chi connectivity index (χ0v) is 16.2. The van der Waals surface area contributed by atoms with Crippen molar-refractivity contribution in [3.63, 3.8) is 0 Å². The molecule has 2 aromatic rings. The van der Waals surface area contributed by atoms with Crippen molar-refractivity contribution in [3.8, 4) is 0 Å². The monoisotopic (exact) mass is 400 g/mol. The molecule has 0 radical (unpaired) electrons. The molecule has 2 aromatic heterocycles. The minimum absolute atomic E-state index is 0. The molecule has 1 unspecified atom stereocenters. The van der Waals surface area contributed by atoms with E-state index in [0.29, 0.717) is 6.04 Å². The second-order valence-electron chi connectivity index (χ2n) is 4.98. The van der Waals surface area contributed by atoms with Crippen LogP contribution in [0, 0.1) is 0 Å². The Bertz CT molecular complexity index is 530. The van der Waals surface area contributed by atoms with E-state index in [1.54, 1.807) is 11.3 Å². The van der Waals surface area contributed by atoms with Gasteiger partial charge in [0.2, 0.25) is 0 Å². The van der Waals surface area contributed by atoms with E-state index in [1.165, 1.54) is 4.88 Å². The van der Waals surface area contributed by atoms with Crippen LogP contribution in [0.4, 0.5) is 0 Å². The van der Waals surface area contributed by atoms with Crippen molar-refractivity contribution < 1.29 is 0 Å². The summed E-state index contributed by atoms with van der Waals surface area (Å²) in [7, 11) is 0. The lowest BCUT2D eigenvalue weighted by Gasteiger charge is -2.33. The van der Waals surface area contributed by atoms with Gasteiger partial charge in [-0.2, -0.15) is 0 Å². The molecule has 10 heteroatoms. The van der Waals surface area contributed by atoms with E-state index < -0.39 is 0 Å². The smallest absolute Gasteiger partial charge is 0.168 e. The molecule has 0 aromatic carbocycles. The van der Waals surface area contributed by atoms with Gasteiger partial charge in [0.1, 0.15) is 0 Å². The first-order valence-electron chi connectivity index (χ1n) is 7.11. The molecule has 3 heterocycles. The SMILES string of the molecule is CCC(c1nnnn1Cc1cccs1)N1CCNCC1.Cl.Cl.Cl. The van der Waals surface area contributed by atoms with Crippen LogP contribution in [0.3, 0.4) is 0 Å². The van der Waals surface area contributed by atoms with Crippen molar-refractivity contribution >= 4 is 48.6 Å². The maximum atomic E-state index is 4.29. The number of rotatable bonds is 5. The molecular weight excluding hydrogens is 379 g/mol. The van der Waals surface area contributed by atoms with Crippen molar-refractivity contribution in [2.24, 2.45) is 0 Å². The maximum Gasteiger partial charge on any atom is 0.168 e. The number of hydrogen-bond donors (Lipinski definition) is 1. The van der Waals surface area contributed by atoms with Crippen molar-refractivity contribution in [1.82, 2.24) is 30.4 Å². The van der Waals surface area contributed by atoms with E-state index in [-0.39, 0.29) is 37.2 Å².